The van der Waals surface area contributed by atoms with E-state index < -0.39 is 18.5 Å². The van der Waals surface area contributed by atoms with Gasteiger partial charge in [-0.15, -0.1) is 0 Å². The van der Waals surface area contributed by atoms with Crippen molar-refractivity contribution < 1.29 is 19.1 Å². The molecular formula is C21H20N2O4. The van der Waals surface area contributed by atoms with Crippen molar-refractivity contribution in [2.75, 3.05) is 18.5 Å². The lowest BCUT2D eigenvalue weighted by molar-refractivity contribution is -0.142. The van der Waals surface area contributed by atoms with E-state index in [1.807, 2.05) is 26.0 Å². The van der Waals surface area contributed by atoms with E-state index >= 15 is 0 Å². The standard InChI is InChI=1S/C21H20N2O4/c1-3-26-19-7-5-4-6-18(19)23-20(24)14-27-21(25)17(13-22)12-16-10-8-15(2)9-11-16/h4-12H,3,14H2,1-2H3,(H,23,24)/b17-12+. The highest BCUT2D eigenvalue weighted by Crippen LogP contribution is 2.23. The maximum atomic E-state index is 12.1. The van der Waals surface area contributed by atoms with Crippen LogP contribution in [0.5, 0.6) is 5.75 Å². The summed E-state index contributed by atoms with van der Waals surface area (Å²) in [5.41, 5.74) is 2.07. The van der Waals surface area contributed by atoms with E-state index in [1.165, 1.54) is 6.08 Å². The molecule has 0 aliphatic carbocycles. The predicted octanol–water partition coefficient (Wildman–Crippen LogP) is 3.48. The molecule has 0 atom stereocenters. The third-order valence-corrected chi connectivity index (χ3v) is 3.52. The second-order valence-electron chi connectivity index (χ2n) is 5.63. The maximum Gasteiger partial charge on any atom is 0.349 e. The van der Waals surface area contributed by atoms with Gasteiger partial charge in [-0.2, -0.15) is 5.26 Å². The Morgan fingerprint density at radius 2 is 1.85 bits per heavy atom. The fraction of sp³-hybridized carbons (Fsp3) is 0.190. The Balaban J connectivity index is 1.96. The lowest BCUT2D eigenvalue weighted by Crippen LogP contribution is -2.21. The average molecular weight is 364 g/mol. The van der Waals surface area contributed by atoms with Crippen LogP contribution in [0, 0.1) is 18.3 Å². The second kappa shape index (κ2) is 9.78. The molecule has 0 bridgehead atoms. The number of nitrogens with one attached hydrogen (secondary N) is 1. The largest absolute Gasteiger partial charge is 0.492 e. The van der Waals surface area contributed by atoms with Crippen LogP contribution in [0.3, 0.4) is 0 Å². The Bertz CT molecular complexity index is 880. The zero-order valence-corrected chi connectivity index (χ0v) is 15.2. The highest BCUT2D eigenvalue weighted by Gasteiger charge is 2.14. The Morgan fingerprint density at radius 1 is 1.15 bits per heavy atom. The van der Waals surface area contributed by atoms with Gasteiger partial charge in [0.15, 0.2) is 6.61 Å². The number of esters is 1. The molecule has 0 aromatic heterocycles. The van der Waals surface area contributed by atoms with Gasteiger partial charge < -0.3 is 14.8 Å². The number of amides is 1. The molecule has 6 nitrogen and oxygen atoms in total. The van der Waals surface area contributed by atoms with Gasteiger partial charge in [0.2, 0.25) is 0 Å². The van der Waals surface area contributed by atoms with Crippen molar-refractivity contribution in [1.82, 2.24) is 0 Å². The van der Waals surface area contributed by atoms with E-state index in [-0.39, 0.29) is 5.57 Å². The summed E-state index contributed by atoms with van der Waals surface area (Å²) in [5.74, 6) is -0.855. The summed E-state index contributed by atoms with van der Waals surface area (Å²) in [6.45, 7) is 3.73. The number of ether oxygens (including phenoxy) is 2. The molecule has 1 N–H and O–H groups in total. The zero-order chi connectivity index (χ0) is 19.6. The normalized spacial score (nSPS) is 10.6. The molecule has 6 heteroatoms. The summed E-state index contributed by atoms with van der Waals surface area (Å²) in [4.78, 5) is 24.1. The van der Waals surface area contributed by atoms with Crippen molar-refractivity contribution in [2.45, 2.75) is 13.8 Å². The van der Waals surface area contributed by atoms with E-state index in [0.29, 0.717) is 23.6 Å². The molecule has 0 saturated carbocycles. The van der Waals surface area contributed by atoms with Crippen LogP contribution in [-0.2, 0) is 14.3 Å². The first-order valence-electron chi connectivity index (χ1n) is 8.40. The first-order valence-corrected chi connectivity index (χ1v) is 8.40. The first kappa shape index (κ1) is 19.7. The topological polar surface area (TPSA) is 88.4 Å². The first-order chi connectivity index (χ1) is 13.0. The summed E-state index contributed by atoms with van der Waals surface area (Å²) < 4.78 is 10.4. The number of hydrogen-bond acceptors (Lipinski definition) is 5. The van der Waals surface area contributed by atoms with E-state index in [9.17, 15) is 14.9 Å². The molecule has 2 aromatic carbocycles. The van der Waals surface area contributed by atoms with Gasteiger partial charge in [-0.1, -0.05) is 42.0 Å². The molecule has 0 unspecified atom stereocenters. The van der Waals surface area contributed by atoms with Crippen molar-refractivity contribution in [3.05, 3.63) is 65.2 Å². The molecule has 0 aliphatic heterocycles. The number of rotatable bonds is 7. The van der Waals surface area contributed by atoms with Crippen molar-refractivity contribution in [3.8, 4) is 11.8 Å². The van der Waals surface area contributed by atoms with E-state index in [2.05, 4.69) is 5.32 Å². The SMILES string of the molecule is CCOc1ccccc1NC(=O)COC(=O)/C(C#N)=C/c1ccc(C)cc1. The summed E-state index contributed by atoms with van der Waals surface area (Å²) in [7, 11) is 0. The second-order valence-corrected chi connectivity index (χ2v) is 5.63. The summed E-state index contributed by atoms with van der Waals surface area (Å²) in [6.07, 6.45) is 1.42. The Labute approximate surface area is 158 Å². The van der Waals surface area contributed by atoms with Crippen LogP contribution < -0.4 is 10.1 Å². The van der Waals surface area contributed by atoms with Crippen LogP contribution in [0.1, 0.15) is 18.1 Å². The van der Waals surface area contributed by atoms with Crippen LogP contribution in [0.25, 0.3) is 6.08 Å². The molecule has 2 aromatic rings. The number of carbonyl (C=O) groups excluding carboxylic acids is 2. The molecular weight excluding hydrogens is 344 g/mol. The lowest BCUT2D eigenvalue weighted by Gasteiger charge is -2.11. The molecule has 1 amide bonds. The van der Waals surface area contributed by atoms with E-state index in [4.69, 9.17) is 9.47 Å². The van der Waals surface area contributed by atoms with Gasteiger partial charge in [0.05, 0.1) is 12.3 Å². The summed E-state index contributed by atoms with van der Waals surface area (Å²) in [6, 6.07) is 16.1. The van der Waals surface area contributed by atoms with Gasteiger partial charge in [-0.3, -0.25) is 4.79 Å². The fourth-order valence-electron chi connectivity index (χ4n) is 2.21. The minimum Gasteiger partial charge on any atom is -0.492 e. The van der Waals surface area contributed by atoms with Gasteiger partial charge in [-0.05, 0) is 37.6 Å². The Kier molecular flexibility index (Phi) is 7.15. The molecule has 138 valence electrons. The highest BCUT2D eigenvalue weighted by atomic mass is 16.5. The number of carbonyl (C=O) groups is 2. The number of aryl methyl sites for hydroxylation is 1. The van der Waals surface area contributed by atoms with E-state index in [0.717, 1.165) is 5.56 Å². The van der Waals surface area contributed by atoms with Gasteiger partial charge in [0, 0.05) is 0 Å². The van der Waals surface area contributed by atoms with Crippen LogP contribution in [0.4, 0.5) is 5.69 Å². The number of benzene rings is 2. The van der Waals surface area contributed by atoms with Crippen molar-refractivity contribution in [1.29, 1.82) is 5.26 Å². The zero-order valence-electron chi connectivity index (χ0n) is 15.2. The van der Waals surface area contributed by atoms with Crippen molar-refractivity contribution >= 4 is 23.6 Å². The molecule has 0 spiro atoms. The fourth-order valence-corrected chi connectivity index (χ4v) is 2.21. The molecule has 0 aliphatic rings. The predicted molar refractivity (Wildman–Crippen MR) is 102 cm³/mol. The number of anilines is 1. The minimum absolute atomic E-state index is 0.179. The Hall–Kier alpha value is -3.59. The Morgan fingerprint density at radius 3 is 2.52 bits per heavy atom. The molecule has 0 saturated heterocycles. The van der Waals surface area contributed by atoms with Gasteiger partial charge >= 0.3 is 5.97 Å². The van der Waals surface area contributed by atoms with Crippen LogP contribution in [0.15, 0.2) is 54.1 Å². The lowest BCUT2D eigenvalue weighted by atomic mass is 10.1. The minimum atomic E-state index is -0.855. The van der Waals surface area contributed by atoms with Gasteiger partial charge in [-0.25, -0.2) is 4.79 Å². The van der Waals surface area contributed by atoms with Gasteiger partial charge in [0.25, 0.3) is 5.91 Å². The summed E-state index contributed by atoms with van der Waals surface area (Å²) >= 11 is 0. The highest BCUT2D eigenvalue weighted by molar-refractivity contribution is 6.00. The van der Waals surface area contributed by atoms with E-state index in [1.54, 1.807) is 42.5 Å². The smallest absolute Gasteiger partial charge is 0.349 e. The molecule has 0 fully saturated rings. The third-order valence-electron chi connectivity index (χ3n) is 3.52. The number of hydrogen-bond donors (Lipinski definition) is 1. The molecule has 0 heterocycles. The van der Waals surface area contributed by atoms with Crippen LogP contribution >= 0.6 is 0 Å². The molecule has 27 heavy (non-hydrogen) atoms. The quantitative estimate of drug-likeness (QED) is 0.462. The number of para-hydroxylation sites is 2. The third kappa shape index (κ3) is 6.01. The van der Waals surface area contributed by atoms with Gasteiger partial charge in [0.1, 0.15) is 17.4 Å². The molecule has 0 radical (unpaired) electrons. The average Bonchev–Trinajstić information content (AvgIpc) is 2.67. The van der Waals surface area contributed by atoms with Crippen LogP contribution in [0.2, 0.25) is 0 Å². The van der Waals surface area contributed by atoms with Crippen molar-refractivity contribution in [3.63, 3.8) is 0 Å². The molecule has 2 rings (SSSR count). The maximum absolute atomic E-state index is 12.1. The summed E-state index contributed by atoms with van der Waals surface area (Å²) in [5, 5.41) is 11.8. The van der Waals surface area contributed by atoms with Crippen LogP contribution in [-0.4, -0.2) is 25.1 Å². The monoisotopic (exact) mass is 364 g/mol. The number of nitrogens with zero attached hydrogens (tertiary/aromatic N) is 1. The number of nitriles is 1. The van der Waals surface area contributed by atoms with Crippen molar-refractivity contribution in [2.24, 2.45) is 0 Å².